The van der Waals surface area contributed by atoms with Crippen molar-refractivity contribution in [3.05, 3.63) is 85.1 Å². The van der Waals surface area contributed by atoms with Crippen molar-refractivity contribution in [2.45, 2.75) is 393 Å². The molecule has 0 rings (SSSR count). The molecule has 0 bridgehead atoms. The Labute approximate surface area is 634 Å². The number of hydrogen-bond donors (Lipinski definition) is 3. The molecule has 0 aliphatic carbocycles. The molecule has 0 aromatic rings. The Balaban J connectivity index is 5.33. The second kappa shape index (κ2) is 77.4. The van der Waals surface area contributed by atoms with E-state index < -0.39 is 97.5 Å². The lowest BCUT2D eigenvalue weighted by molar-refractivity contribution is -0.161. The number of phosphoric acid groups is 2. The Morgan fingerprint density at radius 2 is 0.500 bits per heavy atom. The predicted molar refractivity (Wildman–Crippen MR) is 427 cm³/mol. The zero-order valence-electron chi connectivity index (χ0n) is 66.2. The van der Waals surface area contributed by atoms with Gasteiger partial charge in [0.25, 0.3) is 0 Å². The first-order valence-electron chi connectivity index (χ1n) is 41.8. The molecule has 19 heteroatoms. The van der Waals surface area contributed by atoms with E-state index in [1.54, 1.807) is 0 Å². The van der Waals surface area contributed by atoms with Gasteiger partial charge in [-0.3, -0.25) is 37.3 Å². The van der Waals surface area contributed by atoms with Gasteiger partial charge in [-0.25, -0.2) is 9.13 Å². The predicted octanol–water partition coefficient (Wildman–Crippen LogP) is 24.6. The van der Waals surface area contributed by atoms with E-state index in [1.807, 2.05) is 0 Å². The van der Waals surface area contributed by atoms with Crippen LogP contribution in [0.1, 0.15) is 374 Å². The summed E-state index contributed by atoms with van der Waals surface area (Å²) >= 11 is 0. The Kier molecular flexibility index (Phi) is 74.6. The van der Waals surface area contributed by atoms with E-state index in [1.165, 1.54) is 109 Å². The van der Waals surface area contributed by atoms with Crippen molar-refractivity contribution in [1.82, 2.24) is 0 Å². The SMILES string of the molecule is CC/C=C\C/C=C\C/C=C\CCCCCCCCCC(=O)OCC(COP(=O)(O)OCC(O)COP(=O)(O)OCC(COC(=O)CCCCCCCC/C=C\C/C=C\C/C=C\CCCCC)OC(=O)CCCCCCCCCCCCCCCCC)OC(=O)CCCCCCC/C=C\CCCCCC. The molecule has 3 N–H and O–H groups in total. The minimum atomic E-state index is -4.98. The number of aliphatic hydroxyl groups is 1. The smallest absolute Gasteiger partial charge is 0.462 e. The standard InChI is InChI=1S/C85H152O17P2/c1-5-9-13-17-21-25-29-33-36-38-39-41-44-47-50-54-58-62-66-70-83(88)96-76-81(102-85(90)72-68-64-60-56-52-48-42-35-31-27-23-19-15-11-7-3)78-100-104(93,94)98-74-79(86)73-97-103(91,92)99-77-80(101-84(89)71-67-63-59-55-51-45-32-28-24-20-16-12-8-4)75-95-82(87)69-65-61-57-53-49-46-43-40-37-34-30-26-22-18-14-10-6-2/h10,14,21-22,25-26,28,32-34,36-37,39,41,79-81,86H,5-9,11-13,15-20,23-24,27,29-31,35,38,40,42-78H2,1-4H3,(H,91,92)(H,93,94)/b14-10-,25-21-,26-22-,32-28-,36-33-,37-34-,41-39-. The molecule has 0 heterocycles. The number of ether oxygens (including phenoxy) is 4. The molecule has 0 aromatic carbocycles. The maximum Gasteiger partial charge on any atom is 0.472 e. The van der Waals surface area contributed by atoms with E-state index in [9.17, 15) is 43.2 Å². The molecule has 0 spiro atoms. The first-order chi connectivity index (χ1) is 50.7. The van der Waals surface area contributed by atoms with Crippen LogP contribution in [0.25, 0.3) is 0 Å². The molecule has 0 aliphatic rings. The molecular formula is C85H152O17P2. The van der Waals surface area contributed by atoms with E-state index >= 15 is 0 Å². The number of unbranched alkanes of at least 4 members (excludes halogenated alkanes) is 39. The zero-order valence-corrected chi connectivity index (χ0v) is 68.0. The molecule has 0 aliphatic heterocycles. The molecule has 0 saturated carbocycles. The molecular weight excluding hydrogens is 1350 g/mol. The normalized spacial score (nSPS) is 14.3. The van der Waals surface area contributed by atoms with Crippen LogP contribution in [-0.2, 0) is 65.4 Å². The highest BCUT2D eigenvalue weighted by molar-refractivity contribution is 7.47. The van der Waals surface area contributed by atoms with Crippen LogP contribution in [0.3, 0.4) is 0 Å². The monoisotopic (exact) mass is 1510 g/mol. The Hall–Kier alpha value is -3.76. The van der Waals surface area contributed by atoms with E-state index in [0.717, 1.165) is 186 Å². The highest BCUT2D eigenvalue weighted by Gasteiger charge is 2.30. The van der Waals surface area contributed by atoms with Gasteiger partial charge in [-0.15, -0.1) is 0 Å². The van der Waals surface area contributed by atoms with Gasteiger partial charge in [-0.1, -0.05) is 312 Å². The summed E-state index contributed by atoms with van der Waals surface area (Å²) in [6.07, 6.45) is 81.1. The average molecular weight is 1510 g/mol. The summed E-state index contributed by atoms with van der Waals surface area (Å²) < 4.78 is 68.7. The van der Waals surface area contributed by atoms with E-state index in [-0.39, 0.29) is 25.7 Å². The summed E-state index contributed by atoms with van der Waals surface area (Å²) in [5.74, 6) is -2.18. The van der Waals surface area contributed by atoms with E-state index in [0.29, 0.717) is 25.7 Å². The molecule has 0 amide bonds. The van der Waals surface area contributed by atoms with Gasteiger partial charge in [-0.2, -0.15) is 0 Å². The molecule has 5 unspecified atom stereocenters. The summed E-state index contributed by atoms with van der Waals surface area (Å²) in [4.78, 5) is 73.1. The van der Waals surface area contributed by atoms with Crippen molar-refractivity contribution in [3.8, 4) is 0 Å². The number of hydrogen-bond acceptors (Lipinski definition) is 15. The molecule has 0 fully saturated rings. The van der Waals surface area contributed by atoms with Gasteiger partial charge in [0.15, 0.2) is 12.2 Å². The van der Waals surface area contributed by atoms with Crippen molar-refractivity contribution in [2.75, 3.05) is 39.6 Å². The molecule has 0 saturated heterocycles. The van der Waals surface area contributed by atoms with Gasteiger partial charge in [0.05, 0.1) is 26.4 Å². The molecule has 0 aromatic heterocycles. The lowest BCUT2D eigenvalue weighted by Crippen LogP contribution is -2.30. The van der Waals surface area contributed by atoms with Crippen molar-refractivity contribution in [3.63, 3.8) is 0 Å². The van der Waals surface area contributed by atoms with Crippen LogP contribution in [-0.4, -0.2) is 96.7 Å². The maximum absolute atomic E-state index is 13.1. The third kappa shape index (κ3) is 76.4. The summed E-state index contributed by atoms with van der Waals surface area (Å²) in [6.45, 7) is 4.76. The lowest BCUT2D eigenvalue weighted by atomic mass is 10.0. The maximum atomic E-state index is 13.1. The van der Waals surface area contributed by atoms with Crippen LogP contribution in [0.15, 0.2) is 85.1 Å². The number of carbonyl (C=O) groups is 4. The molecule has 0 radical (unpaired) electrons. The van der Waals surface area contributed by atoms with Crippen LogP contribution in [0, 0.1) is 0 Å². The lowest BCUT2D eigenvalue weighted by Gasteiger charge is -2.21. The minimum absolute atomic E-state index is 0.0845. The number of rotatable bonds is 79. The van der Waals surface area contributed by atoms with Crippen LogP contribution in [0.4, 0.5) is 0 Å². The van der Waals surface area contributed by atoms with Gasteiger partial charge in [0.2, 0.25) is 0 Å². The Bertz CT molecular complexity index is 2300. The number of phosphoric ester groups is 2. The van der Waals surface area contributed by atoms with Crippen molar-refractivity contribution in [2.24, 2.45) is 0 Å². The van der Waals surface area contributed by atoms with Gasteiger partial charge in [0, 0.05) is 25.7 Å². The molecule has 104 heavy (non-hydrogen) atoms. The fourth-order valence-corrected chi connectivity index (χ4v) is 13.1. The summed E-state index contributed by atoms with van der Waals surface area (Å²) in [5.41, 5.74) is 0. The van der Waals surface area contributed by atoms with Crippen LogP contribution in [0.2, 0.25) is 0 Å². The topological polar surface area (TPSA) is 237 Å². The van der Waals surface area contributed by atoms with E-state index in [2.05, 4.69) is 113 Å². The van der Waals surface area contributed by atoms with Gasteiger partial charge in [0.1, 0.15) is 19.3 Å². The van der Waals surface area contributed by atoms with E-state index in [4.69, 9.17) is 37.0 Å². The zero-order chi connectivity index (χ0) is 76.0. The second-order valence-corrected chi connectivity index (χ2v) is 30.9. The van der Waals surface area contributed by atoms with Crippen LogP contribution < -0.4 is 0 Å². The molecule has 5 atom stereocenters. The van der Waals surface area contributed by atoms with Gasteiger partial charge < -0.3 is 33.8 Å². The first kappa shape index (κ1) is 100. The Morgan fingerprint density at radius 3 is 0.808 bits per heavy atom. The quantitative estimate of drug-likeness (QED) is 0.0169. The number of allylic oxidation sites excluding steroid dienone is 14. The fraction of sp³-hybridized carbons (Fsp3) is 0.788. The van der Waals surface area contributed by atoms with Crippen LogP contribution in [0.5, 0.6) is 0 Å². The summed E-state index contributed by atoms with van der Waals surface area (Å²) in [7, 11) is -9.96. The van der Waals surface area contributed by atoms with Gasteiger partial charge in [-0.05, 0) is 122 Å². The highest BCUT2D eigenvalue weighted by atomic mass is 31.2. The second-order valence-electron chi connectivity index (χ2n) is 28.0. The third-order valence-electron chi connectivity index (χ3n) is 17.8. The third-order valence-corrected chi connectivity index (χ3v) is 19.7. The Morgan fingerprint density at radius 1 is 0.279 bits per heavy atom. The fourth-order valence-electron chi connectivity index (χ4n) is 11.5. The van der Waals surface area contributed by atoms with Crippen molar-refractivity contribution in [1.29, 1.82) is 0 Å². The van der Waals surface area contributed by atoms with Crippen molar-refractivity contribution < 1.29 is 80.2 Å². The summed E-state index contributed by atoms with van der Waals surface area (Å²) in [6, 6.07) is 0. The highest BCUT2D eigenvalue weighted by Crippen LogP contribution is 2.45. The first-order valence-corrected chi connectivity index (χ1v) is 44.8. The van der Waals surface area contributed by atoms with Crippen molar-refractivity contribution >= 4 is 39.5 Å². The molecule has 604 valence electrons. The summed E-state index contributed by atoms with van der Waals surface area (Å²) in [5, 5.41) is 10.7. The van der Waals surface area contributed by atoms with Crippen LogP contribution >= 0.6 is 15.6 Å². The number of carbonyl (C=O) groups excluding carboxylic acids is 4. The number of esters is 4. The van der Waals surface area contributed by atoms with Gasteiger partial charge >= 0.3 is 39.5 Å². The molecule has 17 nitrogen and oxygen atoms in total. The average Bonchev–Trinajstić information content (AvgIpc) is 0.918. The largest absolute Gasteiger partial charge is 0.472 e. The number of aliphatic hydroxyl groups excluding tert-OH is 1. The minimum Gasteiger partial charge on any atom is -0.462 e.